The number of thiophene rings is 1. The molecule has 2 aromatic heterocycles. The lowest BCUT2D eigenvalue weighted by atomic mass is 10.0. The number of anilines is 1. The van der Waals surface area contributed by atoms with Crippen molar-refractivity contribution in [3.05, 3.63) is 65.0 Å². The molecule has 0 aliphatic carbocycles. The number of amides is 1. The molecule has 0 radical (unpaired) electrons. The van der Waals surface area contributed by atoms with Crippen molar-refractivity contribution in [1.29, 1.82) is 0 Å². The fourth-order valence-electron chi connectivity index (χ4n) is 3.87. The summed E-state index contributed by atoms with van der Waals surface area (Å²) in [5.41, 5.74) is 3.06. The van der Waals surface area contributed by atoms with Crippen LogP contribution in [0.2, 0.25) is 0 Å². The number of rotatable bonds is 5. The minimum atomic E-state index is -3.72. The van der Waals surface area contributed by atoms with Gasteiger partial charge in [-0.2, -0.15) is 0 Å². The van der Waals surface area contributed by atoms with Crippen LogP contribution in [-0.4, -0.2) is 43.6 Å². The third-order valence-electron chi connectivity index (χ3n) is 5.43. The Morgan fingerprint density at radius 3 is 2.58 bits per heavy atom. The Hall–Kier alpha value is -2.30. The van der Waals surface area contributed by atoms with E-state index in [1.165, 1.54) is 33.9 Å². The lowest BCUT2D eigenvalue weighted by Crippen LogP contribution is -2.25. The molecule has 5 rings (SSSR count). The number of carbonyl (C=O) groups excluding carboxylic acids is 1. The number of thiazole rings is 1. The Balaban J connectivity index is 0.00000259. The van der Waals surface area contributed by atoms with Gasteiger partial charge in [-0.1, -0.05) is 30.3 Å². The maximum atomic E-state index is 12.8. The van der Waals surface area contributed by atoms with E-state index in [9.17, 15) is 13.2 Å². The average molecular weight is 520 g/mol. The van der Waals surface area contributed by atoms with Gasteiger partial charge < -0.3 is 10.2 Å². The van der Waals surface area contributed by atoms with E-state index in [4.69, 9.17) is 4.98 Å². The Labute approximate surface area is 206 Å². The minimum Gasteiger partial charge on any atom is -0.316 e. The molecule has 10 heteroatoms. The predicted molar refractivity (Wildman–Crippen MR) is 137 cm³/mol. The first-order chi connectivity index (χ1) is 15.4. The Morgan fingerprint density at radius 2 is 1.82 bits per heavy atom. The molecule has 0 bridgehead atoms. The Bertz CT molecular complexity index is 1380. The maximum absolute atomic E-state index is 12.8. The monoisotopic (exact) mass is 519 g/mol. The molecule has 6 nitrogen and oxygen atoms in total. The van der Waals surface area contributed by atoms with E-state index >= 15 is 0 Å². The second-order valence-corrected chi connectivity index (χ2v) is 11.9. The van der Waals surface area contributed by atoms with E-state index in [0.717, 1.165) is 40.3 Å². The number of carbonyl (C=O) groups is 1. The average Bonchev–Trinajstić information content (AvgIpc) is 3.33. The largest absolute Gasteiger partial charge is 0.316 e. The van der Waals surface area contributed by atoms with Crippen molar-refractivity contribution in [3.8, 4) is 10.6 Å². The highest BCUT2D eigenvalue weighted by Crippen LogP contribution is 2.45. The molecular formula is C23H22ClN3O3S3. The summed E-state index contributed by atoms with van der Waals surface area (Å²) in [5.74, 6) is -1.14. The molecular weight excluding hydrogens is 498 g/mol. The number of nitrogens with one attached hydrogen (secondary N) is 1. The van der Waals surface area contributed by atoms with Crippen molar-refractivity contribution in [1.82, 2.24) is 9.88 Å². The second-order valence-electron chi connectivity index (χ2n) is 7.80. The Morgan fingerprint density at radius 1 is 1.09 bits per heavy atom. The quantitative estimate of drug-likeness (QED) is 0.408. The van der Waals surface area contributed by atoms with Crippen LogP contribution in [0.15, 0.2) is 59.5 Å². The maximum Gasteiger partial charge on any atom is 0.240 e. The molecule has 0 unspecified atom stereocenters. The van der Waals surface area contributed by atoms with Crippen molar-refractivity contribution in [3.63, 3.8) is 0 Å². The van der Waals surface area contributed by atoms with E-state index in [0.29, 0.717) is 5.00 Å². The van der Waals surface area contributed by atoms with Gasteiger partial charge in [0.05, 0.1) is 15.1 Å². The van der Waals surface area contributed by atoms with Gasteiger partial charge in [0.1, 0.15) is 15.8 Å². The standard InChI is InChI=1S/C23H21N3O3S3.ClH/c1-26-12-11-16-19(13-26)31-23(21(16)22-24-17-9-5-6-10-18(17)30-22)25-20(27)14-32(28,29)15-7-3-2-4-8-15;/h2-10H,11-14H2,1H3,(H,25,27);1H. The zero-order valence-corrected chi connectivity index (χ0v) is 21.0. The number of hydrogen-bond acceptors (Lipinski definition) is 7. The highest BCUT2D eigenvalue weighted by Gasteiger charge is 2.28. The topological polar surface area (TPSA) is 79.4 Å². The number of halogens is 1. The van der Waals surface area contributed by atoms with Crippen molar-refractivity contribution in [2.75, 3.05) is 24.7 Å². The molecule has 1 aliphatic heterocycles. The number of likely N-dealkylation sites (N-methyl/N-ethyl adjacent to an activating group) is 1. The molecule has 0 saturated carbocycles. The third kappa shape index (κ3) is 4.83. The summed E-state index contributed by atoms with van der Waals surface area (Å²) >= 11 is 3.11. The van der Waals surface area contributed by atoms with Crippen molar-refractivity contribution in [2.45, 2.75) is 17.9 Å². The number of para-hydroxylation sites is 1. The zero-order chi connectivity index (χ0) is 22.3. The van der Waals surface area contributed by atoms with Crippen LogP contribution in [0.5, 0.6) is 0 Å². The van der Waals surface area contributed by atoms with Crippen LogP contribution in [0, 0.1) is 0 Å². The minimum absolute atomic E-state index is 0. The molecule has 0 saturated heterocycles. The summed E-state index contributed by atoms with van der Waals surface area (Å²) < 4.78 is 26.4. The van der Waals surface area contributed by atoms with Gasteiger partial charge in [0.15, 0.2) is 9.84 Å². The second kappa shape index (κ2) is 9.52. The van der Waals surface area contributed by atoms with E-state index < -0.39 is 21.5 Å². The first-order valence-electron chi connectivity index (χ1n) is 10.2. The Kier molecular flexibility index (Phi) is 6.88. The normalized spacial score (nSPS) is 14.0. The summed E-state index contributed by atoms with van der Waals surface area (Å²) in [6.45, 7) is 1.73. The number of benzene rings is 2. The molecule has 3 heterocycles. The van der Waals surface area contributed by atoms with Crippen molar-refractivity contribution >= 4 is 66.0 Å². The molecule has 0 atom stereocenters. The highest BCUT2D eigenvalue weighted by atomic mass is 35.5. The number of sulfone groups is 1. The molecule has 33 heavy (non-hydrogen) atoms. The third-order valence-corrected chi connectivity index (χ3v) is 9.25. The van der Waals surface area contributed by atoms with E-state index in [2.05, 4.69) is 17.3 Å². The number of fused-ring (bicyclic) bond motifs is 2. The first-order valence-corrected chi connectivity index (χ1v) is 13.5. The molecule has 2 aromatic carbocycles. The van der Waals surface area contributed by atoms with Gasteiger partial charge in [-0.05, 0) is 43.3 Å². The van der Waals surface area contributed by atoms with Crippen LogP contribution in [0.3, 0.4) is 0 Å². The van der Waals surface area contributed by atoms with Crippen molar-refractivity contribution in [2.24, 2.45) is 0 Å². The van der Waals surface area contributed by atoms with Crippen LogP contribution >= 0.6 is 35.1 Å². The van der Waals surface area contributed by atoms with Crippen LogP contribution in [-0.2, 0) is 27.6 Å². The van der Waals surface area contributed by atoms with Crippen LogP contribution in [0.4, 0.5) is 5.00 Å². The van der Waals surface area contributed by atoms with Gasteiger partial charge in [-0.25, -0.2) is 13.4 Å². The van der Waals surface area contributed by atoms with Gasteiger partial charge in [0.25, 0.3) is 0 Å². The number of hydrogen-bond donors (Lipinski definition) is 1. The van der Waals surface area contributed by atoms with E-state index in [1.54, 1.807) is 29.5 Å². The summed E-state index contributed by atoms with van der Waals surface area (Å²) in [6.07, 6.45) is 0.867. The lowest BCUT2D eigenvalue weighted by molar-refractivity contribution is -0.113. The number of aromatic nitrogens is 1. The fraction of sp³-hybridized carbons (Fsp3) is 0.217. The molecule has 1 aliphatic rings. The summed E-state index contributed by atoms with van der Waals surface area (Å²) in [6, 6.07) is 16.0. The van der Waals surface area contributed by atoms with Gasteiger partial charge in [0.2, 0.25) is 5.91 Å². The lowest BCUT2D eigenvalue weighted by Gasteiger charge is -2.22. The van der Waals surface area contributed by atoms with Gasteiger partial charge in [-0.3, -0.25) is 4.79 Å². The van der Waals surface area contributed by atoms with Gasteiger partial charge >= 0.3 is 0 Å². The summed E-state index contributed by atoms with van der Waals surface area (Å²) in [4.78, 5) is 21.2. The SMILES string of the molecule is CN1CCc2c(sc(NC(=O)CS(=O)(=O)c3ccccc3)c2-c2nc3ccccc3s2)C1.Cl. The van der Waals surface area contributed by atoms with Crippen LogP contribution in [0.1, 0.15) is 10.4 Å². The molecule has 172 valence electrons. The van der Waals surface area contributed by atoms with Crippen LogP contribution < -0.4 is 5.32 Å². The van der Waals surface area contributed by atoms with E-state index in [-0.39, 0.29) is 17.3 Å². The first kappa shape index (κ1) is 23.8. The molecule has 0 fully saturated rings. The summed E-state index contributed by atoms with van der Waals surface area (Å²) in [5, 5.41) is 4.43. The molecule has 0 spiro atoms. The fourth-order valence-corrected chi connectivity index (χ4v) is 7.48. The highest BCUT2D eigenvalue weighted by molar-refractivity contribution is 7.92. The molecule has 1 N–H and O–H groups in total. The summed E-state index contributed by atoms with van der Waals surface area (Å²) in [7, 11) is -1.64. The number of nitrogens with zero attached hydrogens (tertiary/aromatic N) is 2. The van der Waals surface area contributed by atoms with Gasteiger partial charge in [-0.15, -0.1) is 35.1 Å². The van der Waals surface area contributed by atoms with E-state index in [1.807, 2.05) is 24.3 Å². The molecule has 4 aromatic rings. The van der Waals surface area contributed by atoms with Gasteiger partial charge in [0, 0.05) is 23.5 Å². The van der Waals surface area contributed by atoms with Crippen molar-refractivity contribution < 1.29 is 13.2 Å². The molecule has 1 amide bonds. The predicted octanol–water partition coefficient (Wildman–Crippen LogP) is 4.85. The zero-order valence-electron chi connectivity index (χ0n) is 17.8. The van der Waals surface area contributed by atoms with Crippen LogP contribution in [0.25, 0.3) is 20.8 Å². The smallest absolute Gasteiger partial charge is 0.240 e.